The van der Waals surface area contributed by atoms with Crippen LogP contribution in [-0.4, -0.2) is 12.0 Å². The lowest BCUT2D eigenvalue weighted by Crippen LogP contribution is -2.19. The summed E-state index contributed by atoms with van der Waals surface area (Å²) in [7, 11) is 2.02. The number of rotatable bonds is 4. The maximum Gasteiger partial charge on any atom is 0.133 e. The van der Waals surface area contributed by atoms with Crippen LogP contribution in [0.4, 0.5) is 5.82 Å². The Bertz CT molecular complexity index is 575. The maximum absolute atomic E-state index is 5.98. The molecule has 0 aliphatic heterocycles. The Kier molecular flexibility index (Phi) is 5.25. The van der Waals surface area contributed by atoms with Crippen LogP contribution in [0.3, 0.4) is 0 Å². The van der Waals surface area contributed by atoms with E-state index in [1.54, 1.807) is 6.20 Å². The van der Waals surface area contributed by atoms with Crippen LogP contribution in [0.5, 0.6) is 0 Å². The fourth-order valence-corrected chi connectivity index (χ4v) is 2.92. The number of anilines is 1. The molecule has 0 unspecified atom stereocenters. The van der Waals surface area contributed by atoms with E-state index in [0.717, 1.165) is 26.9 Å². The number of pyridine rings is 1. The predicted octanol–water partition coefficient (Wildman–Crippen LogP) is 4.98. The molecule has 0 saturated carbocycles. The highest BCUT2D eigenvalue weighted by Gasteiger charge is 2.10. The van der Waals surface area contributed by atoms with Crippen molar-refractivity contribution < 1.29 is 0 Å². The minimum Gasteiger partial charge on any atom is -0.355 e. The summed E-state index contributed by atoms with van der Waals surface area (Å²) in [5.41, 5.74) is 2.25. The van der Waals surface area contributed by atoms with Gasteiger partial charge in [0.05, 0.1) is 5.88 Å². The largest absolute Gasteiger partial charge is 0.355 e. The van der Waals surface area contributed by atoms with Gasteiger partial charge in [-0.2, -0.15) is 0 Å². The first kappa shape index (κ1) is 14.8. The fourth-order valence-electron chi connectivity index (χ4n) is 1.90. The van der Waals surface area contributed by atoms with Gasteiger partial charge in [-0.25, -0.2) is 4.98 Å². The van der Waals surface area contributed by atoms with Crippen molar-refractivity contribution in [3.8, 4) is 0 Å². The fraction of sp³-hybridized carbons (Fsp3) is 0.214. The number of hydrogen-bond acceptors (Lipinski definition) is 2. The average Bonchev–Trinajstić information content (AvgIpc) is 2.38. The topological polar surface area (TPSA) is 16.1 Å². The predicted molar refractivity (Wildman–Crippen MR) is 87.7 cm³/mol. The van der Waals surface area contributed by atoms with E-state index in [2.05, 4.69) is 53.9 Å². The number of benzene rings is 1. The Balaban J connectivity index is 2.22. The van der Waals surface area contributed by atoms with E-state index in [9.17, 15) is 0 Å². The van der Waals surface area contributed by atoms with Crippen LogP contribution in [0.1, 0.15) is 11.1 Å². The van der Waals surface area contributed by atoms with Crippen molar-refractivity contribution in [1.29, 1.82) is 0 Å². The van der Waals surface area contributed by atoms with Gasteiger partial charge >= 0.3 is 0 Å². The quantitative estimate of drug-likeness (QED) is 0.668. The van der Waals surface area contributed by atoms with Gasteiger partial charge in [-0.1, -0.05) is 28.1 Å². The lowest BCUT2D eigenvalue weighted by molar-refractivity contribution is 0.887. The monoisotopic (exact) mass is 402 g/mol. The Morgan fingerprint density at radius 1 is 1.21 bits per heavy atom. The molecule has 0 amide bonds. The standard InChI is InChI=1S/C14H13Br2ClN2/c1-19(9-10-3-2-4-12(15)5-10)14-11(7-17)6-13(16)8-18-14/h2-6,8H,7,9H2,1H3. The van der Waals surface area contributed by atoms with E-state index < -0.39 is 0 Å². The summed E-state index contributed by atoms with van der Waals surface area (Å²) in [6.45, 7) is 0.790. The van der Waals surface area contributed by atoms with Crippen LogP contribution in [0.15, 0.2) is 45.5 Å². The van der Waals surface area contributed by atoms with Crippen molar-refractivity contribution in [3.63, 3.8) is 0 Å². The Labute approximate surface area is 135 Å². The highest BCUT2D eigenvalue weighted by Crippen LogP contribution is 2.24. The minimum absolute atomic E-state index is 0.449. The van der Waals surface area contributed by atoms with Crippen molar-refractivity contribution in [2.24, 2.45) is 0 Å². The Morgan fingerprint density at radius 2 is 2.00 bits per heavy atom. The molecule has 5 heteroatoms. The summed E-state index contributed by atoms with van der Waals surface area (Å²) in [5.74, 6) is 1.36. The van der Waals surface area contributed by atoms with Crippen molar-refractivity contribution in [2.75, 3.05) is 11.9 Å². The highest BCUT2D eigenvalue weighted by atomic mass is 79.9. The summed E-state index contributed by atoms with van der Waals surface area (Å²) >= 11 is 12.9. The first-order valence-electron chi connectivity index (χ1n) is 5.76. The van der Waals surface area contributed by atoms with Crippen LogP contribution in [0, 0.1) is 0 Å². The van der Waals surface area contributed by atoms with E-state index in [0.29, 0.717) is 5.88 Å². The molecule has 1 aromatic heterocycles. The summed E-state index contributed by atoms with van der Waals surface area (Å²) in [5, 5.41) is 0. The Morgan fingerprint density at radius 3 is 2.68 bits per heavy atom. The minimum atomic E-state index is 0.449. The zero-order chi connectivity index (χ0) is 13.8. The summed E-state index contributed by atoms with van der Waals surface area (Å²) in [6.07, 6.45) is 1.79. The molecule has 0 spiro atoms. The normalized spacial score (nSPS) is 10.5. The molecule has 0 aliphatic rings. The first-order chi connectivity index (χ1) is 9.10. The van der Waals surface area contributed by atoms with Gasteiger partial charge < -0.3 is 4.90 Å². The molecular weight excluding hydrogens is 391 g/mol. The smallest absolute Gasteiger partial charge is 0.133 e. The number of alkyl halides is 1. The number of nitrogens with zero attached hydrogens (tertiary/aromatic N) is 2. The molecule has 2 nitrogen and oxygen atoms in total. The highest BCUT2D eigenvalue weighted by molar-refractivity contribution is 9.10. The number of aromatic nitrogens is 1. The molecule has 1 heterocycles. The third-order valence-electron chi connectivity index (χ3n) is 2.72. The van der Waals surface area contributed by atoms with Gasteiger partial charge in [0, 0.05) is 34.3 Å². The number of halogens is 3. The number of hydrogen-bond donors (Lipinski definition) is 0. The third kappa shape index (κ3) is 3.94. The molecule has 0 atom stereocenters. The molecule has 0 saturated heterocycles. The molecule has 1 aromatic carbocycles. The molecular formula is C14H13Br2ClN2. The van der Waals surface area contributed by atoms with Crippen molar-refractivity contribution in [1.82, 2.24) is 4.98 Å². The summed E-state index contributed by atoms with van der Waals surface area (Å²) < 4.78 is 2.03. The lowest BCUT2D eigenvalue weighted by Gasteiger charge is -2.21. The molecule has 100 valence electrons. The molecule has 2 aromatic rings. The molecule has 0 aliphatic carbocycles. The van der Waals surface area contributed by atoms with E-state index in [-0.39, 0.29) is 0 Å². The van der Waals surface area contributed by atoms with E-state index in [1.165, 1.54) is 5.56 Å². The Hall–Kier alpha value is -0.580. The summed E-state index contributed by atoms with van der Waals surface area (Å²) in [6, 6.07) is 10.3. The van der Waals surface area contributed by atoms with Gasteiger partial charge in [0.1, 0.15) is 5.82 Å². The van der Waals surface area contributed by atoms with Gasteiger partial charge in [-0.05, 0) is 39.7 Å². The van der Waals surface area contributed by atoms with Crippen LogP contribution in [0.25, 0.3) is 0 Å². The van der Waals surface area contributed by atoms with Crippen LogP contribution >= 0.6 is 43.5 Å². The van der Waals surface area contributed by atoms with E-state index in [1.807, 2.05) is 25.2 Å². The van der Waals surface area contributed by atoms with Crippen molar-refractivity contribution in [3.05, 3.63) is 56.6 Å². The SMILES string of the molecule is CN(Cc1cccc(Br)c1)c1ncc(Br)cc1CCl. The molecule has 0 bridgehead atoms. The average molecular weight is 405 g/mol. The van der Waals surface area contributed by atoms with Crippen LogP contribution in [-0.2, 0) is 12.4 Å². The second kappa shape index (κ2) is 6.73. The van der Waals surface area contributed by atoms with Crippen molar-refractivity contribution in [2.45, 2.75) is 12.4 Å². The maximum atomic E-state index is 5.98. The molecule has 0 fully saturated rings. The summed E-state index contributed by atoms with van der Waals surface area (Å²) in [4.78, 5) is 6.55. The van der Waals surface area contributed by atoms with Crippen molar-refractivity contribution >= 4 is 49.3 Å². The third-order valence-corrected chi connectivity index (χ3v) is 3.94. The van der Waals surface area contributed by atoms with Gasteiger partial charge in [-0.3, -0.25) is 0 Å². The molecule has 0 N–H and O–H groups in total. The molecule has 2 rings (SSSR count). The lowest BCUT2D eigenvalue weighted by atomic mass is 10.2. The van der Waals surface area contributed by atoms with E-state index in [4.69, 9.17) is 11.6 Å². The van der Waals surface area contributed by atoms with Crippen LogP contribution < -0.4 is 4.90 Å². The second-order valence-electron chi connectivity index (χ2n) is 4.26. The van der Waals surface area contributed by atoms with Crippen LogP contribution in [0.2, 0.25) is 0 Å². The zero-order valence-electron chi connectivity index (χ0n) is 10.4. The van der Waals surface area contributed by atoms with Gasteiger partial charge in [0.2, 0.25) is 0 Å². The second-order valence-corrected chi connectivity index (χ2v) is 6.35. The molecule has 0 radical (unpaired) electrons. The van der Waals surface area contributed by atoms with Gasteiger partial charge in [-0.15, -0.1) is 11.6 Å². The first-order valence-corrected chi connectivity index (χ1v) is 7.88. The van der Waals surface area contributed by atoms with Gasteiger partial charge in [0.25, 0.3) is 0 Å². The van der Waals surface area contributed by atoms with Gasteiger partial charge in [0.15, 0.2) is 0 Å². The molecule has 19 heavy (non-hydrogen) atoms. The van der Waals surface area contributed by atoms with E-state index >= 15 is 0 Å². The zero-order valence-corrected chi connectivity index (χ0v) is 14.3.